The van der Waals surface area contributed by atoms with Crippen molar-refractivity contribution < 1.29 is 22.6 Å². The summed E-state index contributed by atoms with van der Waals surface area (Å²) >= 11 is 0. The van der Waals surface area contributed by atoms with E-state index in [1.54, 1.807) is 0 Å². The van der Waals surface area contributed by atoms with Crippen LogP contribution in [0.4, 0.5) is 13.2 Å². The molecule has 0 fully saturated rings. The van der Waals surface area contributed by atoms with Gasteiger partial charge in [-0.2, -0.15) is 0 Å². The predicted molar refractivity (Wildman–Crippen MR) is 75.6 cm³/mol. The van der Waals surface area contributed by atoms with E-state index in [9.17, 15) is 13.2 Å². The summed E-state index contributed by atoms with van der Waals surface area (Å²) in [5.74, 6) is 0.279. The zero-order valence-electron chi connectivity index (χ0n) is 12.2. The van der Waals surface area contributed by atoms with Crippen molar-refractivity contribution in [2.45, 2.75) is 39.0 Å². The molecule has 0 bridgehead atoms. The lowest BCUT2D eigenvalue weighted by Crippen LogP contribution is -2.22. The molecule has 0 heterocycles. The van der Waals surface area contributed by atoms with E-state index in [2.05, 4.69) is 17.0 Å². The fourth-order valence-corrected chi connectivity index (χ4v) is 1.78. The number of ether oxygens (including phenoxy) is 2. The molecule has 0 aromatic heterocycles. The Morgan fingerprint density at radius 3 is 2.24 bits per heavy atom. The predicted octanol–water partition coefficient (Wildman–Crippen LogP) is 4.13. The van der Waals surface area contributed by atoms with Gasteiger partial charge in [0.05, 0.1) is 0 Å². The van der Waals surface area contributed by atoms with Crippen LogP contribution in [0.25, 0.3) is 0 Å². The molecule has 1 N–H and O–H groups in total. The molecule has 0 unspecified atom stereocenters. The molecule has 6 heteroatoms. The largest absolute Gasteiger partial charge is 0.573 e. The number of halogens is 3. The Bertz CT molecular complexity index is 380. The van der Waals surface area contributed by atoms with Crippen molar-refractivity contribution >= 4 is 0 Å². The van der Waals surface area contributed by atoms with Crippen LogP contribution in [0.5, 0.6) is 11.5 Å². The van der Waals surface area contributed by atoms with Crippen molar-refractivity contribution in [2.24, 2.45) is 0 Å². The Hall–Kier alpha value is -1.43. The molecule has 1 rings (SSSR count). The zero-order valence-corrected chi connectivity index (χ0v) is 12.2. The van der Waals surface area contributed by atoms with Crippen molar-refractivity contribution in [2.75, 3.05) is 19.7 Å². The van der Waals surface area contributed by atoms with Gasteiger partial charge < -0.3 is 14.8 Å². The van der Waals surface area contributed by atoms with Crippen molar-refractivity contribution in [3.05, 3.63) is 24.3 Å². The lowest BCUT2D eigenvalue weighted by Gasteiger charge is -2.10. The Labute approximate surface area is 123 Å². The summed E-state index contributed by atoms with van der Waals surface area (Å²) in [6.07, 6.45) is 0.189. The molecule has 1 aromatic carbocycles. The first-order chi connectivity index (χ1) is 10.0. The minimum Gasteiger partial charge on any atom is -0.492 e. The highest BCUT2D eigenvalue weighted by Crippen LogP contribution is 2.24. The van der Waals surface area contributed by atoms with Crippen LogP contribution in [-0.2, 0) is 0 Å². The van der Waals surface area contributed by atoms with E-state index in [1.807, 2.05) is 0 Å². The molecule has 0 amide bonds. The maximum atomic E-state index is 12.0. The number of nitrogens with one attached hydrogen (secondary N) is 1. The molecule has 0 spiro atoms. The molecule has 1 aromatic rings. The van der Waals surface area contributed by atoms with Crippen molar-refractivity contribution in [1.82, 2.24) is 5.32 Å². The number of unbranched alkanes of at least 4 members (excludes halogenated alkanes) is 3. The average molecular weight is 305 g/mol. The van der Waals surface area contributed by atoms with Crippen molar-refractivity contribution in [3.63, 3.8) is 0 Å². The number of hydrogen-bond donors (Lipinski definition) is 1. The Kier molecular flexibility index (Phi) is 7.97. The molecule has 3 nitrogen and oxygen atoms in total. The minimum atomic E-state index is -4.66. The number of hydrogen-bond acceptors (Lipinski definition) is 3. The van der Waals surface area contributed by atoms with Gasteiger partial charge >= 0.3 is 6.36 Å². The van der Waals surface area contributed by atoms with Crippen molar-refractivity contribution in [3.8, 4) is 11.5 Å². The van der Waals surface area contributed by atoms with Crippen LogP contribution < -0.4 is 14.8 Å². The smallest absolute Gasteiger partial charge is 0.492 e. The highest BCUT2D eigenvalue weighted by Gasteiger charge is 2.30. The maximum Gasteiger partial charge on any atom is 0.573 e. The van der Waals surface area contributed by atoms with E-state index in [-0.39, 0.29) is 5.75 Å². The first-order valence-electron chi connectivity index (χ1n) is 7.20. The third kappa shape index (κ3) is 9.18. The molecule has 0 radical (unpaired) electrons. The van der Waals surface area contributed by atoms with Crippen LogP contribution in [0, 0.1) is 0 Å². The lowest BCUT2D eigenvalue weighted by atomic mass is 10.2. The number of rotatable bonds is 10. The highest BCUT2D eigenvalue weighted by atomic mass is 19.4. The molecule has 21 heavy (non-hydrogen) atoms. The van der Waals surface area contributed by atoms with Crippen molar-refractivity contribution in [1.29, 1.82) is 0 Å². The van der Waals surface area contributed by atoms with Crippen LogP contribution in [0.15, 0.2) is 24.3 Å². The third-order valence-corrected chi connectivity index (χ3v) is 2.81. The van der Waals surface area contributed by atoms with Gasteiger partial charge in [-0.05, 0) is 37.2 Å². The van der Waals surface area contributed by atoms with Gasteiger partial charge in [-0.1, -0.05) is 26.2 Å². The summed E-state index contributed by atoms with van der Waals surface area (Å²) < 4.78 is 45.1. The fraction of sp³-hybridized carbons (Fsp3) is 0.600. The summed E-state index contributed by atoms with van der Waals surface area (Å²) in [7, 11) is 0. The second-order valence-electron chi connectivity index (χ2n) is 4.68. The standard InChI is InChI=1S/C15H22F3NO2/c1-2-3-4-5-10-19-11-12-20-13-6-8-14(9-7-13)21-15(16,17)18/h6-9,19H,2-5,10-12H2,1H3. The monoisotopic (exact) mass is 305 g/mol. The van der Waals surface area contributed by atoms with E-state index in [4.69, 9.17) is 4.74 Å². The number of benzene rings is 1. The Morgan fingerprint density at radius 1 is 0.952 bits per heavy atom. The first-order valence-corrected chi connectivity index (χ1v) is 7.20. The van der Waals surface area contributed by atoms with Gasteiger partial charge in [0.1, 0.15) is 18.1 Å². The maximum absolute atomic E-state index is 12.0. The van der Waals surface area contributed by atoms with E-state index < -0.39 is 6.36 Å². The second-order valence-corrected chi connectivity index (χ2v) is 4.68. The van der Waals surface area contributed by atoms with Gasteiger partial charge in [0.25, 0.3) is 0 Å². The van der Waals surface area contributed by atoms with Gasteiger partial charge in [-0.15, -0.1) is 13.2 Å². The fourth-order valence-electron chi connectivity index (χ4n) is 1.78. The van der Waals surface area contributed by atoms with Crippen LogP contribution in [0.3, 0.4) is 0 Å². The topological polar surface area (TPSA) is 30.5 Å². The van der Waals surface area contributed by atoms with Crippen LogP contribution in [-0.4, -0.2) is 26.1 Å². The summed E-state index contributed by atoms with van der Waals surface area (Å²) in [6.45, 7) is 4.33. The minimum absolute atomic E-state index is 0.246. The molecule has 0 aliphatic carbocycles. The van der Waals surface area contributed by atoms with Crippen LogP contribution in [0.2, 0.25) is 0 Å². The summed E-state index contributed by atoms with van der Waals surface area (Å²) in [5, 5.41) is 3.26. The van der Waals surface area contributed by atoms with Crippen LogP contribution >= 0.6 is 0 Å². The van der Waals surface area contributed by atoms with E-state index in [0.717, 1.165) is 13.0 Å². The first kappa shape index (κ1) is 17.6. The normalized spacial score (nSPS) is 11.4. The SMILES string of the molecule is CCCCCCNCCOc1ccc(OC(F)(F)F)cc1. The van der Waals surface area contributed by atoms with Gasteiger partial charge in [-0.25, -0.2) is 0 Å². The highest BCUT2D eigenvalue weighted by molar-refractivity contribution is 5.31. The third-order valence-electron chi connectivity index (χ3n) is 2.81. The molecule has 0 aliphatic rings. The molecule has 0 atom stereocenters. The Balaban J connectivity index is 2.13. The molecular formula is C15H22F3NO2. The molecule has 0 saturated heterocycles. The molecule has 0 saturated carbocycles. The van der Waals surface area contributed by atoms with E-state index in [0.29, 0.717) is 18.9 Å². The van der Waals surface area contributed by atoms with E-state index in [1.165, 1.54) is 43.5 Å². The lowest BCUT2D eigenvalue weighted by molar-refractivity contribution is -0.274. The molecule has 0 aliphatic heterocycles. The zero-order chi connectivity index (χ0) is 15.6. The summed E-state index contributed by atoms with van der Waals surface area (Å²) in [4.78, 5) is 0. The molecular weight excluding hydrogens is 283 g/mol. The van der Waals surface area contributed by atoms with Gasteiger partial charge in [-0.3, -0.25) is 0 Å². The van der Waals surface area contributed by atoms with Gasteiger partial charge in [0.15, 0.2) is 0 Å². The van der Waals surface area contributed by atoms with Crippen LogP contribution in [0.1, 0.15) is 32.6 Å². The van der Waals surface area contributed by atoms with E-state index >= 15 is 0 Å². The molecule has 120 valence electrons. The summed E-state index contributed by atoms with van der Waals surface area (Å²) in [5.41, 5.74) is 0. The van der Waals surface area contributed by atoms with Gasteiger partial charge in [0, 0.05) is 6.54 Å². The Morgan fingerprint density at radius 2 is 1.62 bits per heavy atom. The number of alkyl halides is 3. The average Bonchev–Trinajstić information content (AvgIpc) is 2.42. The quantitative estimate of drug-likeness (QED) is 0.659. The van der Waals surface area contributed by atoms with Gasteiger partial charge in [0.2, 0.25) is 0 Å². The second kappa shape index (κ2) is 9.50. The summed E-state index contributed by atoms with van der Waals surface area (Å²) in [6, 6.07) is 5.40.